The number of benzene rings is 1. The van der Waals surface area contributed by atoms with Gasteiger partial charge in [-0.1, -0.05) is 0 Å². The topological polar surface area (TPSA) is 37.3 Å². The zero-order chi connectivity index (χ0) is 9.14. The van der Waals surface area contributed by atoms with Crippen molar-refractivity contribution >= 4 is 24.8 Å². The molecule has 0 aliphatic heterocycles. The van der Waals surface area contributed by atoms with Crippen molar-refractivity contribution < 1.29 is 14.3 Å². The molecule has 0 aliphatic rings. The predicted molar refractivity (Wildman–Crippen MR) is 45.9 cm³/mol. The summed E-state index contributed by atoms with van der Waals surface area (Å²) in [5.41, 5.74) is 0.400. The van der Waals surface area contributed by atoms with Gasteiger partial charge in [0.1, 0.15) is 0 Å². The molecule has 1 N–H and O–H groups in total. The third kappa shape index (κ3) is 1.78. The van der Waals surface area contributed by atoms with E-state index in [-0.39, 0.29) is 5.56 Å². The second kappa shape index (κ2) is 3.30. The summed E-state index contributed by atoms with van der Waals surface area (Å²) >= 11 is 0. The molecule has 0 fully saturated rings. The van der Waals surface area contributed by atoms with Crippen LogP contribution in [-0.2, 0) is 0 Å². The number of rotatable bonds is 2. The molecule has 0 radical (unpaired) electrons. The Balaban J connectivity index is 3.23. The Kier molecular flexibility index (Phi) is 2.38. The number of carboxylic acids is 1. The third-order valence-corrected chi connectivity index (χ3v) is 1.40. The fraction of sp³-hybridized carbons (Fsp3) is 0. The van der Waals surface area contributed by atoms with E-state index in [0.717, 1.165) is 6.07 Å². The first kappa shape index (κ1) is 8.65. The minimum absolute atomic E-state index is 0.0649. The van der Waals surface area contributed by atoms with E-state index < -0.39 is 11.8 Å². The van der Waals surface area contributed by atoms with E-state index >= 15 is 0 Å². The van der Waals surface area contributed by atoms with E-state index in [4.69, 9.17) is 5.11 Å². The minimum atomic E-state index is -1.14. The first-order valence-corrected chi connectivity index (χ1v) is 3.30. The van der Waals surface area contributed by atoms with Crippen molar-refractivity contribution in [3.8, 4) is 0 Å². The molecule has 1 aromatic carbocycles. The van der Waals surface area contributed by atoms with Crippen LogP contribution in [0.25, 0.3) is 0 Å². The van der Waals surface area contributed by atoms with Crippen LogP contribution >= 0.6 is 0 Å². The van der Waals surface area contributed by atoms with Crippen molar-refractivity contribution in [3.05, 3.63) is 29.6 Å². The summed E-state index contributed by atoms with van der Waals surface area (Å²) in [6.45, 7) is 4.81. The van der Waals surface area contributed by atoms with Crippen molar-refractivity contribution in [3.63, 3.8) is 0 Å². The Hall–Kier alpha value is -1.45. The van der Waals surface area contributed by atoms with E-state index in [9.17, 15) is 9.18 Å². The average molecular weight is 164 g/mol. The van der Waals surface area contributed by atoms with Crippen LogP contribution < -0.4 is 5.46 Å². The summed E-state index contributed by atoms with van der Waals surface area (Å²) in [5.74, 6) is -1.71. The number of hydrogen-bond acceptors (Lipinski definition) is 1. The van der Waals surface area contributed by atoms with Gasteiger partial charge in [-0.05, 0) is 0 Å². The second-order valence-electron chi connectivity index (χ2n) is 2.28. The van der Waals surface area contributed by atoms with Gasteiger partial charge in [0, 0.05) is 0 Å². The molecule has 0 unspecified atom stereocenters. The van der Waals surface area contributed by atoms with Crippen LogP contribution in [0.3, 0.4) is 0 Å². The number of aromatic carboxylic acids is 1. The van der Waals surface area contributed by atoms with Crippen LogP contribution in [0.1, 0.15) is 10.4 Å². The van der Waals surface area contributed by atoms with E-state index in [1.807, 2.05) is 0 Å². The normalized spacial score (nSPS) is 9.08. The summed E-state index contributed by atoms with van der Waals surface area (Å²) < 4.78 is 12.7. The Morgan fingerprint density at radius 3 is 2.67 bits per heavy atom. The Morgan fingerprint density at radius 2 is 2.17 bits per heavy atom. The molecule has 0 spiro atoms. The molecule has 4 heteroatoms. The second-order valence-corrected chi connectivity index (χ2v) is 2.28. The van der Waals surface area contributed by atoms with Crippen LogP contribution in [0.15, 0.2) is 18.2 Å². The van der Waals surface area contributed by atoms with Crippen LogP contribution in [0.4, 0.5) is 4.39 Å². The molecule has 0 atom stereocenters. The van der Waals surface area contributed by atoms with E-state index in [1.54, 1.807) is 0 Å². The Morgan fingerprint density at radius 1 is 1.50 bits per heavy atom. The summed E-state index contributed by atoms with van der Waals surface area (Å²) in [5, 5.41) is 8.53. The summed E-state index contributed by atoms with van der Waals surface area (Å²) in [6.07, 6.45) is 0. The molecular formula is C8H6BFO2. The van der Waals surface area contributed by atoms with Gasteiger partial charge in [0.05, 0.1) is 0 Å². The van der Waals surface area contributed by atoms with Crippen molar-refractivity contribution in [2.75, 3.05) is 0 Å². The maximum absolute atomic E-state index is 12.7. The Bertz CT molecular complexity index is 336. The monoisotopic (exact) mass is 164 g/mol. The van der Waals surface area contributed by atoms with E-state index in [0.29, 0.717) is 5.46 Å². The van der Waals surface area contributed by atoms with E-state index in [1.165, 1.54) is 19.1 Å². The van der Waals surface area contributed by atoms with Gasteiger partial charge in [-0.25, -0.2) is 0 Å². The fourth-order valence-electron chi connectivity index (χ4n) is 0.854. The third-order valence-electron chi connectivity index (χ3n) is 1.40. The molecule has 12 heavy (non-hydrogen) atoms. The van der Waals surface area contributed by atoms with Gasteiger partial charge in [-0.2, -0.15) is 0 Å². The number of carbonyl (C=O) groups is 1. The van der Waals surface area contributed by atoms with Gasteiger partial charge in [0.15, 0.2) is 0 Å². The molecule has 0 aliphatic carbocycles. The van der Waals surface area contributed by atoms with Crippen molar-refractivity contribution in [1.29, 1.82) is 0 Å². The number of hydrogen-bond donors (Lipinski definition) is 1. The van der Waals surface area contributed by atoms with Gasteiger partial charge >= 0.3 is 68.7 Å². The summed E-state index contributed by atoms with van der Waals surface area (Å²) in [4.78, 5) is 10.4. The molecular weight excluding hydrogens is 158 g/mol. The Labute approximate surface area is 69.6 Å². The molecule has 0 heterocycles. The van der Waals surface area contributed by atoms with Crippen molar-refractivity contribution in [1.82, 2.24) is 0 Å². The van der Waals surface area contributed by atoms with Crippen LogP contribution in [0, 0.1) is 5.82 Å². The van der Waals surface area contributed by atoms with Crippen molar-refractivity contribution in [2.45, 2.75) is 0 Å². The van der Waals surface area contributed by atoms with Crippen LogP contribution in [0.5, 0.6) is 0 Å². The molecule has 0 bridgehead atoms. The molecule has 60 valence electrons. The van der Waals surface area contributed by atoms with Gasteiger partial charge in [-0.15, -0.1) is 0 Å². The van der Waals surface area contributed by atoms with Crippen molar-refractivity contribution in [2.24, 2.45) is 0 Å². The van der Waals surface area contributed by atoms with Gasteiger partial charge in [-0.3, -0.25) is 0 Å². The molecule has 0 aromatic heterocycles. The molecule has 2 nitrogen and oxygen atoms in total. The van der Waals surface area contributed by atoms with Crippen LogP contribution in [0.2, 0.25) is 0 Å². The standard InChI is InChI=1S/C8H6BFO2/c1-9-6-2-5(8(11)12)3-7(10)4-6/h2-4H,1H2,(H,11,12). The average Bonchev–Trinajstić information content (AvgIpc) is 2.03. The SMILES string of the molecule is C=Bc1cc(F)cc(C(=O)O)c1. The molecule has 0 saturated carbocycles. The van der Waals surface area contributed by atoms with E-state index in [2.05, 4.69) is 6.47 Å². The zero-order valence-electron chi connectivity index (χ0n) is 6.25. The molecule has 0 saturated heterocycles. The maximum atomic E-state index is 12.7. The quantitative estimate of drug-likeness (QED) is 0.637. The summed E-state index contributed by atoms with van der Waals surface area (Å²) in [7, 11) is 0. The molecule has 1 aromatic rings. The van der Waals surface area contributed by atoms with Crippen LogP contribution in [-0.4, -0.2) is 24.5 Å². The van der Waals surface area contributed by atoms with Gasteiger partial charge in [0.25, 0.3) is 0 Å². The first-order valence-electron chi connectivity index (χ1n) is 3.30. The summed E-state index contributed by atoms with van der Waals surface area (Å²) in [6, 6.07) is 3.55. The number of carboxylic acid groups (broad SMARTS) is 1. The fourth-order valence-corrected chi connectivity index (χ4v) is 0.854. The van der Waals surface area contributed by atoms with Gasteiger partial charge < -0.3 is 0 Å². The zero-order valence-corrected chi connectivity index (χ0v) is 6.25. The number of halogens is 1. The molecule has 0 amide bonds. The predicted octanol–water partition coefficient (Wildman–Crippen LogP) is 0.285. The molecule has 1 rings (SSSR count). The first-order chi connectivity index (χ1) is 5.63. The van der Waals surface area contributed by atoms with Gasteiger partial charge in [0.2, 0.25) is 0 Å².